The summed E-state index contributed by atoms with van der Waals surface area (Å²) in [7, 11) is 0. The third kappa shape index (κ3) is 3.74. The van der Waals surface area contributed by atoms with Crippen LogP contribution in [-0.4, -0.2) is 37.7 Å². The largest absolute Gasteiger partial charge is 0.480 e. The fraction of sp³-hybridized carbons (Fsp3) is 0.250. The monoisotopic (exact) mass is 360 g/mol. The van der Waals surface area contributed by atoms with Crippen molar-refractivity contribution in [1.82, 2.24) is 15.1 Å². The highest BCUT2D eigenvalue weighted by Crippen LogP contribution is 2.22. The standard InChI is InChI=1S/C16H16N4O6/c1-3-10(16(23)24)17-15(22)14-13(21)8-9(2)19(18-14)11-6-4-5-7-12(11)20(25)26/h4-8,10H,3H2,1-2H3,(H,17,22)(H,23,24). The van der Waals surface area contributed by atoms with E-state index in [-0.39, 0.29) is 23.5 Å². The minimum Gasteiger partial charge on any atom is -0.480 e. The van der Waals surface area contributed by atoms with Gasteiger partial charge in [0.25, 0.3) is 11.6 Å². The Balaban J connectivity index is 2.55. The number of carboxylic acid groups (broad SMARTS) is 1. The second-order valence-electron chi connectivity index (χ2n) is 5.43. The summed E-state index contributed by atoms with van der Waals surface area (Å²) in [5.41, 5.74) is -1.15. The molecule has 0 saturated carbocycles. The van der Waals surface area contributed by atoms with Crippen LogP contribution in [0.3, 0.4) is 0 Å². The van der Waals surface area contributed by atoms with Gasteiger partial charge in [-0.25, -0.2) is 9.48 Å². The van der Waals surface area contributed by atoms with E-state index in [1.54, 1.807) is 13.0 Å². The van der Waals surface area contributed by atoms with Gasteiger partial charge in [-0.2, -0.15) is 5.10 Å². The lowest BCUT2D eigenvalue weighted by Crippen LogP contribution is -2.42. The van der Waals surface area contributed by atoms with Crippen LogP contribution in [0.2, 0.25) is 0 Å². The van der Waals surface area contributed by atoms with E-state index in [9.17, 15) is 24.5 Å². The summed E-state index contributed by atoms with van der Waals surface area (Å²) < 4.78 is 1.11. The highest BCUT2D eigenvalue weighted by molar-refractivity contribution is 5.94. The van der Waals surface area contributed by atoms with Crippen molar-refractivity contribution < 1.29 is 19.6 Å². The number of benzene rings is 1. The highest BCUT2D eigenvalue weighted by atomic mass is 16.6. The van der Waals surface area contributed by atoms with Crippen molar-refractivity contribution in [3.8, 4) is 5.69 Å². The molecule has 26 heavy (non-hydrogen) atoms. The average molecular weight is 360 g/mol. The molecule has 1 aromatic heterocycles. The van der Waals surface area contributed by atoms with Crippen molar-refractivity contribution >= 4 is 17.6 Å². The zero-order chi connectivity index (χ0) is 19.4. The first-order valence-corrected chi connectivity index (χ1v) is 7.64. The molecule has 0 aliphatic rings. The zero-order valence-electron chi connectivity index (χ0n) is 14.0. The molecular weight excluding hydrogens is 344 g/mol. The quantitative estimate of drug-likeness (QED) is 0.578. The van der Waals surface area contributed by atoms with Gasteiger partial charge < -0.3 is 10.4 Å². The number of para-hydroxylation sites is 2. The summed E-state index contributed by atoms with van der Waals surface area (Å²) in [6.45, 7) is 3.08. The molecular formula is C16H16N4O6. The lowest BCUT2D eigenvalue weighted by Gasteiger charge is -2.14. The highest BCUT2D eigenvalue weighted by Gasteiger charge is 2.23. The Hall–Kier alpha value is -3.56. The van der Waals surface area contributed by atoms with E-state index in [4.69, 9.17) is 5.11 Å². The van der Waals surface area contributed by atoms with Gasteiger partial charge in [0, 0.05) is 17.8 Å². The minimum absolute atomic E-state index is 0.0781. The van der Waals surface area contributed by atoms with Crippen LogP contribution in [0.5, 0.6) is 0 Å². The molecule has 10 heteroatoms. The van der Waals surface area contributed by atoms with Gasteiger partial charge in [0.05, 0.1) is 4.92 Å². The Kier molecular flexibility index (Phi) is 5.45. The van der Waals surface area contributed by atoms with Gasteiger partial charge in [-0.15, -0.1) is 0 Å². The van der Waals surface area contributed by atoms with Crippen LogP contribution in [0.1, 0.15) is 29.5 Å². The van der Waals surface area contributed by atoms with Gasteiger partial charge in [0.1, 0.15) is 11.7 Å². The molecule has 10 nitrogen and oxygen atoms in total. The van der Waals surface area contributed by atoms with Crippen molar-refractivity contribution in [2.24, 2.45) is 0 Å². The molecule has 1 unspecified atom stereocenters. The van der Waals surface area contributed by atoms with Crippen LogP contribution >= 0.6 is 0 Å². The molecule has 0 spiro atoms. The third-order valence-corrected chi connectivity index (χ3v) is 3.64. The number of nitrogens with one attached hydrogen (secondary N) is 1. The number of aromatic nitrogens is 2. The summed E-state index contributed by atoms with van der Waals surface area (Å²) in [6, 6.07) is 5.66. The lowest BCUT2D eigenvalue weighted by molar-refractivity contribution is -0.384. The number of carbonyl (C=O) groups excluding carboxylic acids is 1. The van der Waals surface area contributed by atoms with E-state index in [1.807, 2.05) is 0 Å². The van der Waals surface area contributed by atoms with Gasteiger partial charge in [0.2, 0.25) is 5.43 Å². The fourth-order valence-electron chi connectivity index (χ4n) is 2.31. The zero-order valence-corrected chi connectivity index (χ0v) is 14.0. The maximum Gasteiger partial charge on any atom is 0.326 e. The molecule has 0 aliphatic heterocycles. The number of aryl methyl sites for hydroxylation is 1. The number of nitrogens with zero attached hydrogens (tertiary/aromatic N) is 3. The van der Waals surface area contributed by atoms with Crippen LogP contribution < -0.4 is 10.7 Å². The second kappa shape index (κ2) is 7.55. The van der Waals surface area contributed by atoms with Crippen LogP contribution in [-0.2, 0) is 4.79 Å². The van der Waals surface area contributed by atoms with Crippen molar-refractivity contribution in [1.29, 1.82) is 0 Å². The smallest absolute Gasteiger partial charge is 0.326 e. The predicted molar refractivity (Wildman–Crippen MR) is 90.4 cm³/mol. The maximum atomic E-state index is 12.3. The first kappa shape index (κ1) is 18.8. The second-order valence-corrected chi connectivity index (χ2v) is 5.43. The van der Waals surface area contributed by atoms with Gasteiger partial charge in [-0.05, 0) is 19.4 Å². The Morgan fingerprint density at radius 2 is 2.04 bits per heavy atom. The molecule has 1 aromatic carbocycles. The van der Waals surface area contributed by atoms with E-state index in [0.717, 1.165) is 10.7 Å². The number of rotatable bonds is 6. The average Bonchev–Trinajstić information content (AvgIpc) is 2.59. The summed E-state index contributed by atoms with van der Waals surface area (Å²) >= 11 is 0. The van der Waals surface area contributed by atoms with Gasteiger partial charge >= 0.3 is 5.97 Å². The van der Waals surface area contributed by atoms with Crippen LogP contribution in [0.15, 0.2) is 35.1 Å². The Labute approximate surface area is 147 Å². The first-order chi connectivity index (χ1) is 12.3. The molecule has 0 fully saturated rings. The van der Waals surface area contributed by atoms with E-state index in [1.165, 1.54) is 25.1 Å². The van der Waals surface area contributed by atoms with Crippen molar-refractivity contribution in [3.63, 3.8) is 0 Å². The number of hydrogen-bond donors (Lipinski definition) is 2. The number of carbonyl (C=O) groups is 2. The summed E-state index contributed by atoms with van der Waals surface area (Å²) in [5, 5.41) is 26.4. The predicted octanol–water partition coefficient (Wildman–Crippen LogP) is 1.04. The van der Waals surface area contributed by atoms with Crippen LogP contribution in [0, 0.1) is 17.0 Å². The minimum atomic E-state index is -1.24. The normalized spacial score (nSPS) is 11.6. The van der Waals surface area contributed by atoms with Gasteiger partial charge in [-0.1, -0.05) is 19.1 Å². The Morgan fingerprint density at radius 3 is 2.62 bits per heavy atom. The number of hydrogen-bond acceptors (Lipinski definition) is 6. The third-order valence-electron chi connectivity index (χ3n) is 3.64. The number of nitro groups is 1. The molecule has 0 radical (unpaired) electrons. The van der Waals surface area contributed by atoms with Crippen molar-refractivity contribution in [3.05, 3.63) is 62.1 Å². The first-order valence-electron chi connectivity index (χ1n) is 7.64. The Bertz CT molecular complexity index is 937. The molecule has 2 aromatic rings. The number of nitro benzene ring substituents is 1. The number of amides is 1. The Morgan fingerprint density at radius 1 is 1.38 bits per heavy atom. The summed E-state index contributed by atoms with van der Waals surface area (Å²) in [4.78, 5) is 46.0. The molecule has 1 amide bonds. The molecule has 0 saturated heterocycles. The lowest BCUT2D eigenvalue weighted by atomic mass is 10.2. The molecule has 2 rings (SSSR count). The van der Waals surface area contributed by atoms with E-state index in [2.05, 4.69) is 10.4 Å². The summed E-state index contributed by atoms with van der Waals surface area (Å²) in [6.07, 6.45) is 0.116. The van der Waals surface area contributed by atoms with E-state index in [0.29, 0.717) is 0 Å². The van der Waals surface area contributed by atoms with Gasteiger partial charge in [-0.3, -0.25) is 19.7 Å². The summed E-state index contributed by atoms with van der Waals surface area (Å²) in [5.74, 6) is -2.21. The van der Waals surface area contributed by atoms with Crippen molar-refractivity contribution in [2.45, 2.75) is 26.3 Å². The number of aliphatic carboxylic acids is 1. The molecule has 1 heterocycles. The number of carboxylic acids is 1. The maximum absolute atomic E-state index is 12.3. The molecule has 0 aliphatic carbocycles. The van der Waals surface area contributed by atoms with Crippen LogP contribution in [0.4, 0.5) is 5.69 Å². The topological polar surface area (TPSA) is 144 Å². The fourth-order valence-corrected chi connectivity index (χ4v) is 2.31. The molecule has 136 valence electrons. The van der Waals surface area contributed by atoms with Crippen LogP contribution in [0.25, 0.3) is 5.69 Å². The van der Waals surface area contributed by atoms with E-state index >= 15 is 0 Å². The van der Waals surface area contributed by atoms with E-state index < -0.39 is 34.0 Å². The van der Waals surface area contributed by atoms with Crippen molar-refractivity contribution in [2.75, 3.05) is 0 Å². The van der Waals surface area contributed by atoms with Gasteiger partial charge in [0.15, 0.2) is 5.69 Å². The molecule has 2 N–H and O–H groups in total. The molecule has 1 atom stereocenters. The molecule has 0 bridgehead atoms. The SMILES string of the molecule is CCC(NC(=O)c1nn(-c2ccccc2[N+](=O)[O-])c(C)cc1=O)C(=O)O.